The molecule has 0 bridgehead atoms. The van der Waals surface area contributed by atoms with Crippen molar-refractivity contribution in [1.82, 2.24) is 0 Å². The van der Waals surface area contributed by atoms with Crippen LogP contribution in [0, 0.1) is 0 Å². The Kier molecular flexibility index (Phi) is 10.0. The van der Waals surface area contributed by atoms with Gasteiger partial charge in [-0.05, 0) is 122 Å². The highest BCUT2D eigenvalue weighted by Gasteiger charge is 2.16. The Morgan fingerprint density at radius 2 is 0.660 bits per heavy atom. The lowest BCUT2D eigenvalue weighted by atomic mass is 10.0. The monoisotopic (exact) mass is 656 g/mol. The van der Waals surface area contributed by atoms with Gasteiger partial charge in [-0.25, -0.2) is 9.59 Å². The van der Waals surface area contributed by atoms with E-state index in [1.807, 2.05) is 60.7 Å². The third kappa shape index (κ3) is 7.72. The van der Waals surface area contributed by atoms with Crippen LogP contribution in [0.5, 0.6) is 11.5 Å². The molecule has 6 heteroatoms. The molecule has 0 heterocycles. The summed E-state index contributed by atoms with van der Waals surface area (Å²) >= 11 is 0. The lowest BCUT2D eigenvalue weighted by Gasteiger charge is -2.26. The van der Waals surface area contributed by atoms with Crippen LogP contribution in [0.25, 0.3) is 11.1 Å². The lowest BCUT2D eigenvalue weighted by Crippen LogP contribution is -2.11. The van der Waals surface area contributed by atoms with Crippen LogP contribution in [0.15, 0.2) is 182 Å². The fraction of sp³-hybridized carbons (Fsp3) is 0.0455. The molecule has 0 fully saturated rings. The van der Waals surface area contributed by atoms with Crippen LogP contribution in [0.3, 0.4) is 0 Å². The van der Waals surface area contributed by atoms with Gasteiger partial charge in [0, 0.05) is 45.3 Å². The van der Waals surface area contributed by atoms with Gasteiger partial charge < -0.3 is 19.3 Å². The maximum Gasteiger partial charge on any atom is 0.338 e. The van der Waals surface area contributed by atoms with Crippen LogP contribution in [0.2, 0.25) is 0 Å². The van der Waals surface area contributed by atoms with E-state index in [4.69, 9.17) is 9.47 Å². The smallest absolute Gasteiger partial charge is 0.338 e. The predicted octanol–water partition coefficient (Wildman–Crippen LogP) is 11.3. The Labute approximate surface area is 292 Å². The number of nitrogens with zero attached hydrogens (tertiary/aromatic N) is 2. The quantitative estimate of drug-likeness (QED) is 0.0786. The van der Waals surface area contributed by atoms with Gasteiger partial charge in [0.2, 0.25) is 0 Å². The van der Waals surface area contributed by atoms with Crippen molar-refractivity contribution in [2.75, 3.05) is 9.80 Å². The fourth-order valence-corrected chi connectivity index (χ4v) is 5.37. The largest absolute Gasteiger partial charge is 0.423 e. The zero-order chi connectivity index (χ0) is 35.0. The van der Waals surface area contributed by atoms with Gasteiger partial charge in [0.1, 0.15) is 11.5 Å². The Bertz CT molecular complexity index is 1950. The zero-order valence-corrected chi connectivity index (χ0v) is 28.0. The van der Waals surface area contributed by atoms with E-state index < -0.39 is 11.9 Å². The second-order valence-electron chi connectivity index (χ2n) is 11.8. The van der Waals surface area contributed by atoms with Gasteiger partial charge in [0.25, 0.3) is 0 Å². The molecule has 0 saturated heterocycles. The highest BCUT2D eigenvalue weighted by molar-refractivity contribution is 5.89. The molecule has 6 nitrogen and oxygen atoms in total. The number of hydrogen-bond acceptors (Lipinski definition) is 6. The molecule has 6 aromatic carbocycles. The zero-order valence-electron chi connectivity index (χ0n) is 28.0. The van der Waals surface area contributed by atoms with Crippen molar-refractivity contribution in [3.8, 4) is 22.6 Å². The molecular weight excluding hydrogens is 620 g/mol. The summed E-state index contributed by atoms with van der Waals surface area (Å²) in [5.41, 5.74) is 8.65. The number of carbonyl (C=O) groups excluding carboxylic acids is 2. The summed E-state index contributed by atoms with van der Waals surface area (Å²) in [6.07, 6.45) is 0. The first-order valence-electron chi connectivity index (χ1n) is 16.1. The molecule has 0 unspecified atom stereocenters. The highest BCUT2D eigenvalue weighted by atomic mass is 16.5. The number of carbonyl (C=O) groups is 2. The lowest BCUT2D eigenvalue weighted by molar-refractivity contribution is -0.130. The summed E-state index contributed by atoms with van der Waals surface area (Å²) in [7, 11) is 0. The highest BCUT2D eigenvalue weighted by Crippen LogP contribution is 2.38. The molecular formula is C44H36N2O4. The summed E-state index contributed by atoms with van der Waals surface area (Å²) in [6, 6.07) is 52.0. The summed E-state index contributed by atoms with van der Waals surface area (Å²) in [5.74, 6) is 0.0130. The third-order valence-corrected chi connectivity index (χ3v) is 7.92. The van der Waals surface area contributed by atoms with Crippen molar-refractivity contribution in [1.29, 1.82) is 0 Å². The Morgan fingerprint density at radius 3 is 0.940 bits per heavy atom. The first-order chi connectivity index (χ1) is 24.3. The molecule has 0 N–H and O–H groups in total. The van der Waals surface area contributed by atoms with Crippen LogP contribution in [-0.2, 0) is 9.59 Å². The van der Waals surface area contributed by atoms with Crippen LogP contribution < -0.4 is 19.3 Å². The first kappa shape index (κ1) is 33.2. The fourth-order valence-electron chi connectivity index (χ4n) is 5.37. The maximum absolute atomic E-state index is 12.0. The number of para-hydroxylation sites is 2. The van der Waals surface area contributed by atoms with Gasteiger partial charge >= 0.3 is 11.9 Å². The summed E-state index contributed by atoms with van der Waals surface area (Å²) in [6.45, 7) is 10.6. The Hall–Kier alpha value is -6.66. The van der Waals surface area contributed by atoms with Gasteiger partial charge in [-0.1, -0.05) is 73.8 Å². The molecule has 6 rings (SSSR count). The van der Waals surface area contributed by atoms with Crippen molar-refractivity contribution >= 4 is 46.1 Å². The van der Waals surface area contributed by atoms with Crippen molar-refractivity contribution in [3.63, 3.8) is 0 Å². The van der Waals surface area contributed by atoms with E-state index in [1.54, 1.807) is 38.1 Å². The number of esters is 2. The molecule has 0 atom stereocenters. The average molecular weight is 657 g/mol. The van der Waals surface area contributed by atoms with Gasteiger partial charge in [-0.15, -0.1) is 0 Å². The number of benzene rings is 6. The topological polar surface area (TPSA) is 59.1 Å². The van der Waals surface area contributed by atoms with Crippen molar-refractivity contribution in [2.45, 2.75) is 13.8 Å². The number of rotatable bonds is 11. The van der Waals surface area contributed by atoms with E-state index in [-0.39, 0.29) is 0 Å². The molecule has 0 aromatic heterocycles. The van der Waals surface area contributed by atoms with Crippen molar-refractivity contribution < 1.29 is 19.1 Å². The second-order valence-corrected chi connectivity index (χ2v) is 11.8. The normalized spacial score (nSPS) is 10.5. The molecule has 0 amide bonds. The standard InChI is InChI=1S/C44H36N2O4/c1-31(2)43(47)49-41-27-23-39(24-28-41)45(35-11-7-5-8-12-35)37-19-15-33(16-20-37)34-17-21-38(22-18-34)46(36-13-9-6-10-14-36)40-25-29-42(30-26-40)50-44(48)32(3)4/h5-30H,1,3H2,2,4H3. The molecule has 6 aromatic rings. The van der Waals surface area contributed by atoms with E-state index in [2.05, 4.69) is 95.8 Å². The van der Waals surface area contributed by atoms with Gasteiger partial charge in [-0.3, -0.25) is 0 Å². The van der Waals surface area contributed by atoms with E-state index in [9.17, 15) is 9.59 Å². The number of ether oxygens (including phenoxy) is 2. The third-order valence-electron chi connectivity index (χ3n) is 7.92. The molecule has 0 aliphatic rings. The van der Waals surface area contributed by atoms with Gasteiger partial charge in [0.15, 0.2) is 0 Å². The molecule has 0 radical (unpaired) electrons. The van der Waals surface area contributed by atoms with E-state index in [0.29, 0.717) is 22.6 Å². The second kappa shape index (κ2) is 15.0. The number of anilines is 6. The van der Waals surface area contributed by atoms with Crippen molar-refractivity contribution in [2.24, 2.45) is 0 Å². The molecule has 50 heavy (non-hydrogen) atoms. The average Bonchev–Trinajstić information content (AvgIpc) is 3.15. The number of hydrogen-bond donors (Lipinski definition) is 0. The van der Waals surface area contributed by atoms with Crippen LogP contribution >= 0.6 is 0 Å². The van der Waals surface area contributed by atoms with E-state index in [0.717, 1.165) is 45.3 Å². The van der Waals surface area contributed by atoms with Crippen molar-refractivity contribution in [3.05, 3.63) is 182 Å². The van der Waals surface area contributed by atoms with Crippen LogP contribution in [0.1, 0.15) is 13.8 Å². The molecule has 246 valence electrons. The van der Waals surface area contributed by atoms with Crippen LogP contribution in [0.4, 0.5) is 34.1 Å². The van der Waals surface area contributed by atoms with E-state index >= 15 is 0 Å². The van der Waals surface area contributed by atoms with E-state index in [1.165, 1.54) is 0 Å². The minimum absolute atomic E-state index is 0.346. The molecule has 0 aliphatic carbocycles. The predicted molar refractivity (Wildman–Crippen MR) is 202 cm³/mol. The Morgan fingerprint density at radius 1 is 0.400 bits per heavy atom. The molecule has 0 saturated carbocycles. The van der Waals surface area contributed by atoms with Gasteiger partial charge in [0.05, 0.1) is 0 Å². The summed E-state index contributed by atoms with van der Waals surface area (Å²) in [4.78, 5) is 28.3. The van der Waals surface area contributed by atoms with Crippen LogP contribution in [-0.4, -0.2) is 11.9 Å². The molecule has 0 spiro atoms. The Balaban J connectivity index is 1.26. The minimum Gasteiger partial charge on any atom is -0.423 e. The van der Waals surface area contributed by atoms with Gasteiger partial charge in [-0.2, -0.15) is 0 Å². The summed E-state index contributed by atoms with van der Waals surface area (Å²) < 4.78 is 10.8. The summed E-state index contributed by atoms with van der Waals surface area (Å²) in [5, 5.41) is 0. The first-order valence-corrected chi connectivity index (χ1v) is 16.1. The maximum atomic E-state index is 12.0. The SMILES string of the molecule is C=C(C)C(=O)Oc1ccc(N(c2ccccc2)c2ccc(-c3ccc(N(c4ccccc4)c4ccc(OC(=O)C(=C)C)cc4)cc3)cc2)cc1. The molecule has 0 aliphatic heterocycles. The minimum atomic E-state index is -0.452.